The fourth-order valence-electron chi connectivity index (χ4n) is 1.76. The second-order valence-electron chi connectivity index (χ2n) is 4.81. The molecule has 3 N–H and O–H groups in total. The molecule has 0 aliphatic heterocycles. The summed E-state index contributed by atoms with van der Waals surface area (Å²) in [6.07, 6.45) is 0. The zero-order valence-corrected chi connectivity index (χ0v) is 14.0. The average molecular weight is 384 g/mol. The van der Waals surface area contributed by atoms with Gasteiger partial charge in [-0.15, -0.1) is 12.4 Å². The van der Waals surface area contributed by atoms with E-state index in [2.05, 4.69) is 20.7 Å². The number of methoxy groups -OCH3 is 1. The van der Waals surface area contributed by atoms with Crippen LogP contribution in [0.1, 0.15) is 25.5 Å². The van der Waals surface area contributed by atoms with E-state index in [9.17, 15) is 20.0 Å². The van der Waals surface area contributed by atoms with Gasteiger partial charge in [-0.25, -0.2) is 0 Å². The summed E-state index contributed by atoms with van der Waals surface area (Å²) in [7, 11) is 1.22. The number of nitrogens with zero attached hydrogens (tertiary/aromatic N) is 1. The highest BCUT2D eigenvalue weighted by molar-refractivity contribution is 9.10. The summed E-state index contributed by atoms with van der Waals surface area (Å²) in [5, 5.41) is 20.9. The quantitative estimate of drug-likeness (QED) is 0.469. The van der Waals surface area contributed by atoms with Crippen LogP contribution in [-0.2, 0) is 9.53 Å². The molecule has 0 unspecified atom stereocenters. The highest BCUT2D eigenvalue weighted by atomic mass is 79.9. The monoisotopic (exact) mass is 382 g/mol. The maximum Gasteiger partial charge on any atom is 0.313 e. The number of nitro groups is 1. The average Bonchev–Trinajstić information content (AvgIpc) is 2.38. The van der Waals surface area contributed by atoms with Crippen molar-refractivity contribution in [1.82, 2.24) is 0 Å². The number of hydrogen-bond donors (Lipinski definition) is 2. The molecule has 9 heteroatoms. The van der Waals surface area contributed by atoms with Crippen LogP contribution in [0.4, 0.5) is 5.69 Å². The van der Waals surface area contributed by atoms with Crippen molar-refractivity contribution < 1.29 is 19.6 Å². The number of halogens is 2. The molecule has 1 aromatic rings. The number of carbonyl (C=O) groups is 1. The van der Waals surface area contributed by atoms with Crippen LogP contribution in [0.2, 0.25) is 0 Å². The molecule has 0 heterocycles. The first-order chi connectivity index (χ1) is 9.12. The fraction of sp³-hybridized carbons (Fsp3) is 0.417. The Bertz CT molecular complexity index is 565. The molecule has 0 amide bonds. The Kier molecular flexibility index (Phi) is 6.59. The van der Waals surface area contributed by atoms with Crippen molar-refractivity contribution in [2.75, 3.05) is 7.11 Å². The molecule has 1 aromatic carbocycles. The molecule has 0 aliphatic rings. The summed E-state index contributed by atoms with van der Waals surface area (Å²) in [6.45, 7) is 3.07. The van der Waals surface area contributed by atoms with E-state index < -0.39 is 33.8 Å². The van der Waals surface area contributed by atoms with Gasteiger partial charge < -0.3 is 15.6 Å². The number of nitro benzene ring substituents is 1. The van der Waals surface area contributed by atoms with Gasteiger partial charge in [0.05, 0.1) is 17.4 Å². The van der Waals surface area contributed by atoms with Crippen molar-refractivity contribution in [3.05, 3.63) is 32.3 Å². The third-order valence-corrected chi connectivity index (χ3v) is 3.56. The Balaban J connectivity index is 0.00000400. The number of nitrogens with two attached hydrogens (primary N) is 1. The smallest absolute Gasteiger partial charge is 0.313 e. The van der Waals surface area contributed by atoms with Crippen LogP contribution in [0.25, 0.3) is 0 Å². The van der Waals surface area contributed by atoms with Crippen LogP contribution in [-0.4, -0.2) is 23.1 Å². The Hall–Kier alpha value is -1.38. The first-order valence-electron chi connectivity index (χ1n) is 5.63. The maximum absolute atomic E-state index is 11.7. The first kappa shape index (κ1) is 19.6. The molecule has 0 aliphatic carbocycles. The molecule has 1 atom stereocenters. The summed E-state index contributed by atoms with van der Waals surface area (Å²) in [6, 6.07) is 1.64. The predicted octanol–water partition coefficient (Wildman–Crippen LogP) is 2.68. The summed E-state index contributed by atoms with van der Waals surface area (Å²) in [5.41, 5.74) is 4.45. The van der Waals surface area contributed by atoms with E-state index in [0.29, 0.717) is 4.47 Å². The van der Waals surface area contributed by atoms with E-state index in [-0.39, 0.29) is 18.0 Å². The van der Waals surface area contributed by atoms with Gasteiger partial charge in [0.15, 0.2) is 5.75 Å². The van der Waals surface area contributed by atoms with Crippen molar-refractivity contribution in [2.45, 2.75) is 19.9 Å². The highest BCUT2D eigenvalue weighted by Gasteiger charge is 2.39. The van der Waals surface area contributed by atoms with Gasteiger partial charge in [-0.05, 0) is 19.9 Å². The molecular weight excluding hydrogens is 367 g/mol. The van der Waals surface area contributed by atoms with Crippen molar-refractivity contribution in [3.8, 4) is 5.75 Å². The number of benzene rings is 1. The van der Waals surface area contributed by atoms with E-state index in [0.717, 1.165) is 6.07 Å². The fourth-order valence-corrected chi connectivity index (χ4v) is 2.22. The summed E-state index contributed by atoms with van der Waals surface area (Å²) in [4.78, 5) is 21.9. The van der Waals surface area contributed by atoms with Gasteiger partial charge in [-0.2, -0.15) is 0 Å². The van der Waals surface area contributed by atoms with Crippen LogP contribution in [0.15, 0.2) is 16.6 Å². The standard InChI is InChI=1S/C12H15BrN2O5.ClH/c1-12(2,11(17)20-3)10(14)7-4-6(13)5-8(9(7)16)15(18)19;/h4-5,10,16H,14H2,1-3H3;1H/t10-;/m1./s1. The molecule has 21 heavy (non-hydrogen) atoms. The number of carbonyl (C=O) groups excluding carboxylic acids is 1. The van der Waals surface area contributed by atoms with Gasteiger partial charge >= 0.3 is 11.7 Å². The largest absolute Gasteiger partial charge is 0.502 e. The third-order valence-electron chi connectivity index (χ3n) is 3.10. The minimum absolute atomic E-state index is 0. The Morgan fingerprint density at radius 2 is 2.05 bits per heavy atom. The minimum Gasteiger partial charge on any atom is -0.502 e. The van der Waals surface area contributed by atoms with E-state index >= 15 is 0 Å². The molecule has 1 rings (SSSR count). The normalized spacial score (nSPS) is 12.2. The van der Waals surface area contributed by atoms with Crippen molar-refractivity contribution in [3.63, 3.8) is 0 Å². The number of rotatable bonds is 4. The number of phenols is 1. The van der Waals surface area contributed by atoms with E-state index in [1.165, 1.54) is 27.0 Å². The van der Waals surface area contributed by atoms with Crippen molar-refractivity contribution in [2.24, 2.45) is 11.1 Å². The van der Waals surface area contributed by atoms with Crippen molar-refractivity contribution in [1.29, 1.82) is 0 Å². The second kappa shape index (κ2) is 7.06. The maximum atomic E-state index is 11.7. The zero-order chi connectivity index (χ0) is 15.7. The van der Waals surface area contributed by atoms with Gasteiger partial charge in [-0.1, -0.05) is 15.9 Å². The lowest BCUT2D eigenvalue weighted by Gasteiger charge is -2.29. The molecule has 0 spiro atoms. The first-order valence-corrected chi connectivity index (χ1v) is 6.43. The van der Waals surface area contributed by atoms with Crippen LogP contribution in [0.3, 0.4) is 0 Å². The number of phenolic OH excluding ortho intramolecular Hbond substituents is 1. The summed E-state index contributed by atoms with van der Waals surface area (Å²) >= 11 is 3.12. The van der Waals surface area contributed by atoms with E-state index in [1.54, 1.807) is 0 Å². The Morgan fingerprint density at radius 1 is 1.52 bits per heavy atom. The van der Waals surface area contributed by atoms with Gasteiger partial charge in [0.1, 0.15) is 0 Å². The van der Waals surface area contributed by atoms with Gasteiger partial charge in [0.25, 0.3) is 0 Å². The molecule has 0 aromatic heterocycles. The molecule has 0 bridgehead atoms. The van der Waals surface area contributed by atoms with E-state index in [1.807, 2.05) is 0 Å². The molecular formula is C12H16BrClN2O5. The van der Waals surface area contributed by atoms with Crippen LogP contribution >= 0.6 is 28.3 Å². The topological polar surface area (TPSA) is 116 Å². The zero-order valence-electron chi connectivity index (χ0n) is 11.6. The number of esters is 1. The Morgan fingerprint density at radius 3 is 2.48 bits per heavy atom. The van der Waals surface area contributed by atoms with Gasteiger partial charge in [0, 0.05) is 22.1 Å². The predicted molar refractivity (Wildman–Crippen MR) is 82.4 cm³/mol. The highest BCUT2D eigenvalue weighted by Crippen LogP contribution is 2.42. The molecule has 7 nitrogen and oxygen atoms in total. The van der Waals surface area contributed by atoms with Crippen LogP contribution < -0.4 is 5.73 Å². The number of hydrogen-bond acceptors (Lipinski definition) is 6. The lowest BCUT2D eigenvalue weighted by atomic mass is 9.80. The van der Waals surface area contributed by atoms with Gasteiger partial charge in [0.2, 0.25) is 0 Å². The van der Waals surface area contributed by atoms with Crippen LogP contribution in [0, 0.1) is 15.5 Å². The minimum atomic E-state index is -1.15. The number of ether oxygens (including phenoxy) is 1. The molecule has 118 valence electrons. The Labute approximate surface area is 136 Å². The third kappa shape index (κ3) is 3.84. The molecule has 0 fully saturated rings. The lowest BCUT2D eigenvalue weighted by molar-refractivity contribution is -0.386. The second-order valence-corrected chi connectivity index (χ2v) is 5.73. The number of aromatic hydroxyl groups is 1. The molecule has 0 saturated carbocycles. The lowest BCUT2D eigenvalue weighted by Crippen LogP contribution is -2.37. The van der Waals surface area contributed by atoms with Crippen LogP contribution in [0.5, 0.6) is 5.75 Å². The molecule has 0 saturated heterocycles. The van der Waals surface area contributed by atoms with Gasteiger partial charge in [-0.3, -0.25) is 14.9 Å². The summed E-state index contributed by atoms with van der Waals surface area (Å²) in [5.74, 6) is -1.13. The molecule has 0 radical (unpaired) electrons. The summed E-state index contributed by atoms with van der Waals surface area (Å²) < 4.78 is 5.04. The van der Waals surface area contributed by atoms with E-state index in [4.69, 9.17) is 5.73 Å². The van der Waals surface area contributed by atoms with Crippen molar-refractivity contribution >= 4 is 40.0 Å². The SMILES string of the molecule is COC(=O)C(C)(C)[C@H](N)c1cc(Br)cc([N+](=O)[O-])c1O.Cl.